The number of nitrogens with zero attached hydrogens (tertiary/aromatic N) is 4. The molecule has 61 heavy (non-hydrogen) atoms. The fourth-order valence-corrected chi connectivity index (χ4v) is 10.9. The minimum absolute atomic E-state index is 0.0597. The van der Waals surface area contributed by atoms with Gasteiger partial charge in [0.15, 0.2) is 0 Å². The normalized spacial score (nSPS) is 24.0. The second-order valence-corrected chi connectivity index (χ2v) is 17.9. The van der Waals surface area contributed by atoms with Crippen LogP contribution in [-0.2, 0) is 16.1 Å². The van der Waals surface area contributed by atoms with Gasteiger partial charge in [0.1, 0.15) is 46.5 Å². The number of likely N-dealkylation sites (tertiary alicyclic amines) is 1. The first-order valence-corrected chi connectivity index (χ1v) is 21.3. The van der Waals surface area contributed by atoms with Gasteiger partial charge >= 0.3 is 0 Å². The predicted octanol–water partition coefficient (Wildman–Crippen LogP) is 6.84. The molecule has 10 nitrogen and oxygen atoms in total. The number of amides is 3. The van der Waals surface area contributed by atoms with Crippen molar-refractivity contribution in [2.45, 2.75) is 62.9 Å². The number of aromatic hydroxyl groups is 1. The van der Waals surface area contributed by atoms with E-state index in [1.807, 2.05) is 12.1 Å². The standard InChI is InChI=1S/C47H47F4N5O5/c48-35-2-1-3-36(49)43(35)34-24-61-40-21-31(57)5-7-33(40)42(34)28-19-37(50)44(38(51)20-28)54-14-10-27(11-15-54)22-53-16-12-47(13-17-53)25-55(26-47)30-4-6-32-29(18-30)23-56(46(32)60)39-8-9-41(58)52-45(39)59/h1-7,18-21,27,34,39,42,57H,8-17,22-26H2,(H,52,58,59)/t34-,39?,42+/m0/s1. The first-order valence-electron chi connectivity index (χ1n) is 21.3. The number of phenolic OH excluding ortho intramolecular Hbond substituents is 1. The van der Waals surface area contributed by atoms with Gasteiger partial charge in [0.25, 0.3) is 5.91 Å². The van der Waals surface area contributed by atoms with Crippen molar-refractivity contribution in [2.75, 3.05) is 62.2 Å². The summed E-state index contributed by atoms with van der Waals surface area (Å²) >= 11 is 0. The number of phenols is 1. The first-order chi connectivity index (χ1) is 29.4. The lowest BCUT2D eigenvalue weighted by Crippen LogP contribution is -2.60. The van der Waals surface area contributed by atoms with E-state index in [9.17, 15) is 19.5 Å². The first kappa shape index (κ1) is 39.5. The number of carbonyl (C=O) groups excluding carboxylic acids is 3. The van der Waals surface area contributed by atoms with Crippen LogP contribution in [0.25, 0.3) is 0 Å². The summed E-state index contributed by atoms with van der Waals surface area (Å²) in [5, 5.41) is 12.5. The van der Waals surface area contributed by atoms with Crippen molar-refractivity contribution in [3.05, 3.63) is 118 Å². The molecule has 4 fully saturated rings. The average molecular weight is 838 g/mol. The van der Waals surface area contributed by atoms with Crippen LogP contribution in [0.2, 0.25) is 0 Å². The summed E-state index contributed by atoms with van der Waals surface area (Å²) in [6, 6.07) is 15.8. The number of imide groups is 1. The lowest BCUT2D eigenvalue weighted by molar-refractivity contribution is -0.136. The minimum atomic E-state index is -0.911. The van der Waals surface area contributed by atoms with E-state index >= 15 is 17.6 Å². The zero-order valence-corrected chi connectivity index (χ0v) is 33.6. The van der Waals surface area contributed by atoms with Gasteiger partial charge in [-0.05, 0) is 111 Å². The Morgan fingerprint density at radius 3 is 2.23 bits per heavy atom. The van der Waals surface area contributed by atoms with Crippen molar-refractivity contribution in [1.29, 1.82) is 0 Å². The molecular weight excluding hydrogens is 791 g/mol. The Bertz CT molecular complexity index is 2380. The van der Waals surface area contributed by atoms with Crippen molar-refractivity contribution < 1.29 is 41.8 Å². The molecule has 2 N–H and O–H groups in total. The van der Waals surface area contributed by atoms with E-state index in [-0.39, 0.29) is 52.8 Å². The smallest absolute Gasteiger partial charge is 0.255 e. The van der Waals surface area contributed by atoms with E-state index < -0.39 is 47.1 Å². The number of benzene rings is 4. The van der Waals surface area contributed by atoms with Crippen molar-refractivity contribution in [1.82, 2.24) is 15.1 Å². The highest BCUT2D eigenvalue weighted by atomic mass is 19.1. The zero-order valence-electron chi connectivity index (χ0n) is 33.6. The molecule has 1 spiro atoms. The number of nitrogens with one attached hydrogen (secondary N) is 1. The fraction of sp³-hybridized carbons (Fsp3) is 0.426. The molecule has 4 aromatic carbocycles. The maximum atomic E-state index is 16.1. The molecule has 1 unspecified atom stereocenters. The molecule has 6 aliphatic rings. The Balaban J connectivity index is 0.740. The van der Waals surface area contributed by atoms with Gasteiger partial charge in [0.2, 0.25) is 11.8 Å². The molecule has 14 heteroatoms. The van der Waals surface area contributed by atoms with Crippen LogP contribution in [-0.4, -0.2) is 91.1 Å². The number of hydrogen-bond acceptors (Lipinski definition) is 8. The van der Waals surface area contributed by atoms with Gasteiger partial charge < -0.3 is 29.4 Å². The van der Waals surface area contributed by atoms with E-state index in [1.165, 1.54) is 30.3 Å². The predicted molar refractivity (Wildman–Crippen MR) is 219 cm³/mol. The van der Waals surface area contributed by atoms with Gasteiger partial charge in [-0.25, -0.2) is 17.6 Å². The Labute approximate surface area is 351 Å². The van der Waals surface area contributed by atoms with Crippen molar-refractivity contribution in [3.63, 3.8) is 0 Å². The average Bonchev–Trinajstić information content (AvgIpc) is 3.55. The van der Waals surface area contributed by atoms with Crippen LogP contribution in [0, 0.1) is 34.6 Å². The van der Waals surface area contributed by atoms with Crippen molar-refractivity contribution in [3.8, 4) is 11.5 Å². The number of fused-ring (bicyclic) bond motifs is 2. The van der Waals surface area contributed by atoms with Crippen LogP contribution in [0.5, 0.6) is 11.5 Å². The van der Waals surface area contributed by atoms with Gasteiger partial charge in [-0.3, -0.25) is 19.7 Å². The van der Waals surface area contributed by atoms with Crippen molar-refractivity contribution >= 4 is 29.1 Å². The molecule has 0 saturated carbocycles. The summed E-state index contributed by atoms with van der Waals surface area (Å²) in [6.45, 7) is 6.04. The van der Waals surface area contributed by atoms with Crippen LogP contribution in [0.1, 0.15) is 83.0 Å². The summed E-state index contributed by atoms with van der Waals surface area (Å²) in [6.07, 6.45) is 4.32. The molecule has 4 aromatic rings. The SMILES string of the molecule is O=C1CCC(N2Cc3cc(N4CC5(CCN(CC6CCN(c7c(F)cc([C@@H]8c9ccc(O)cc9OC[C@@H]8c8c(F)cccc8F)cc7F)CC6)CC5)C4)ccc3C2=O)C(=O)N1. The molecule has 0 aromatic heterocycles. The van der Waals surface area contributed by atoms with Crippen LogP contribution >= 0.6 is 0 Å². The fourth-order valence-electron chi connectivity index (χ4n) is 10.9. The number of hydrogen-bond donors (Lipinski definition) is 2. The van der Waals surface area contributed by atoms with Gasteiger partial charge in [0.05, 0.1) is 6.61 Å². The van der Waals surface area contributed by atoms with E-state index in [0.717, 1.165) is 81.8 Å². The van der Waals surface area contributed by atoms with Gasteiger partial charge in [-0.1, -0.05) is 12.1 Å². The number of halogens is 4. The summed E-state index contributed by atoms with van der Waals surface area (Å²) in [4.78, 5) is 45.5. The molecule has 3 atom stereocenters. The molecular formula is C47H47F4N5O5. The summed E-state index contributed by atoms with van der Waals surface area (Å²) < 4.78 is 68.3. The highest BCUT2D eigenvalue weighted by molar-refractivity contribution is 6.05. The van der Waals surface area contributed by atoms with E-state index in [2.05, 4.69) is 21.2 Å². The zero-order chi connectivity index (χ0) is 42.2. The monoisotopic (exact) mass is 837 g/mol. The lowest BCUT2D eigenvalue weighted by Gasteiger charge is -2.55. The molecule has 0 bridgehead atoms. The Morgan fingerprint density at radius 1 is 0.803 bits per heavy atom. The highest BCUT2D eigenvalue weighted by Gasteiger charge is 2.46. The van der Waals surface area contributed by atoms with Crippen LogP contribution < -0.4 is 19.9 Å². The summed E-state index contributed by atoms with van der Waals surface area (Å²) in [7, 11) is 0. The molecule has 4 saturated heterocycles. The Hall–Kier alpha value is -5.63. The molecule has 3 amide bonds. The molecule has 6 aliphatic heterocycles. The number of ether oxygens (including phenoxy) is 1. The van der Waals surface area contributed by atoms with Crippen molar-refractivity contribution in [2.24, 2.45) is 11.3 Å². The second-order valence-electron chi connectivity index (χ2n) is 17.9. The molecule has 0 radical (unpaired) electrons. The largest absolute Gasteiger partial charge is 0.508 e. The number of anilines is 2. The minimum Gasteiger partial charge on any atom is -0.508 e. The highest BCUT2D eigenvalue weighted by Crippen LogP contribution is 2.49. The lowest BCUT2D eigenvalue weighted by atomic mass is 9.71. The third kappa shape index (κ3) is 7.15. The van der Waals surface area contributed by atoms with E-state index in [1.54, 1.807) is 15.9 Å². The third-order valence-electron chi connectivity index (χ3n) is 14.2. The third-order valence-corrected chi connectivity index (χ3v) is 14.2. The van der Waals surface area contributed by atoms with Gasteiger partial charge in [-0.15, -0.1) is 0 Å². The maximum Gasteiger partial charge on any atom is 0.255 e. The molecule has 318 valence electrons. The van der Waals surface area contributed by atoms with Gasteiger partial charge in [0, 0.05) is 91.4 Å². The number of piperidine rings is 3. The number of rotatable bonds is 7. The quantitative estimate of drug-likeness (QED) is 0.154. The van der Waals surface area contributed by atoms with E-state index in [0.29, 0.717) is 48.8 Å². The topological polar surface area (TPSA) is 106 Å². The number of carbonyl (C=O) groups is 3. The Kier molecular flexibility index (Phi) is 9.96. The Morgan fingerprint density at radius 2 is 1.52 bits per heavy atom. The maximum absolute atomic E-state index is 16.1. The molecule has 10 rings (SSSR count). The summed E-state index contributed by atoms with van der Waals surface area (Å²) in [5.74, 6) is -4.99. The van der Waals surface area contributed by atoms with E-state index in [4.69, 9.17) is 4.74 Å². The van der Waals surface area contributed by atoms with Crippen LogP contribution in [0.4, 0.5) is 28.9 Å². The molecule has 0 aliphatic carbocycles. The summed E-state index contributed by atoms with van der Waals surface area (Å²) in [5.41, 5.74) is 3.25. The molecule has 6 heterocycles. The van der Waals surface area contributed by atoms with Crippen LogP contribution in [0.3, 0.4) is 0 Å². The second kappa shape index (κ2) is 15.4. The van der Waals surface area contributed by atoms with Gasteiger partial charge in [-0.2, -0.15) is 0 Å². The van der Waals surface area contributed by atoms with Crippen LogP contribution in [0.15, 0.2) is 66.7 Å².